The molecular formula is C17H25N5O3. The van der Waals surface area contributed by atoms with Crippen LogP contribution in [-0.4, -0.2) is 56.1 Å². The minimum atomic E-state index is -0.531. The van der Waals surface area contributed by atoms with Crippen molar-refractivity contribution in [2.75, 3.05) is 6.54 Å². The number of nitrogens with zero attached hydrogens (tertiary/aromatic N) is 4. The summed E-state index contributed by atoms with van der Waals surface area (Å²) in [5.41, 5.74) is -0.333. The Morgan fingerprint density at radius 3 is 2.88 bits per heavy atom. The second-order valence-corrected chi connectivity index (χ2v) is 7.16. The Kier molecular flexibility index (Phi) is 5.67. The molecule has 1 aliphatic rings. The molecule has 0 spiro atoms. The number of ether oxygens (including phenoxy) is 1. The van der Waals surface area contributed by atoms with Crippen LogP contribution in [0.2, 0.25) is 0 Å². The summed E-state index contributed by atoms with van der Waals surface area (Å²) < 4.78 is 7.02. The van der Waals surface area contributed by atoms with Gasteiger partial charge >= 0.3 is 6.09 Å². The summed E-state index contributed by atoms with van der Waals surface area (Å²) in [6.45, 7) is 8.35. The van der Waals surface area contributed by atoms with E-state index in [1.807, 2.05) is 20.8 Å². The third-order valence-corrected chi connectivity index (χ3v) is 3.77. The number of hydrogen-bond acceptors (Lipinski definition) is 5. The molecule has 8 nitrogen and oxygen atoms in total. The zero-order valence-corrected chi connectivity index (χ0v) is 15.2. The van der Waals surface area contributed by atoms with Crippen LogP contribution in [0.25, 0.3) is 0 Å². The molecule has 2 rings (SSSR count). The van der Waals surface area contributed by atoms with E-state index in [2.05, 4.69) is 21.5 Å². The fourth-order valence-electron chi connectivity index (χ4n) is 2.61. The molecular weight excluding hydrogens is 322 g/mol. The Morgan fingerprint density at radius 2 is 2.24 bits per heavy atom. The van der Waals surface area contributed by atoms with Gasteiger partial charge in [-0.25, -0.2) is 9.48 Å². The maximum Gasteiger partial charge on any atom is 0.410 e. The van der Waals surface area contributed by atoms with Gasteiger partial charge in [0.05, 0.1) is 24.8 Å². The fraction of sp³-hybridized carbons (Fsp3) is 0.647. The van der Waals surface area contributed by atoms with E-state index in [-0.39, 0.29) is 29.8 Å². The smallest absolute Gasteiger partial charge is 0.410 e. The first-order valence-corrected chi connectivity index (χ1v) is 8.36. The van der Waals surface area contributed by atoms with Crippen LogP contribution in [0.3, 0.4) is 0 Å². The van der Waals surface area contributed by atoms with E-state index in [0.29, 0.717) is 13.1 Å². The highest BCUT2D eigenvalue weighted by Crippen LogP contribution is 2.21. The van der Waals surface area contributed by atoms with Crippen LogP contribution in [0.15, 0.2) is 6.20 Å². The molecule has 8 heteroatoms. The summed E-state index contributed by atoms with van der Waals surface area (Å²) in [5, 5.41) is 10.5. The normalized spacial score (nSPS) is 18.5. The Bertz CT molecular complexity index is 671. The molecule has 2 atom stereocenters. The zero-order chi connectivity index (χ0) is 18.6. The van der Waals surface area contributed by atoms with Crippen molar-refractivity contribution in [1.29, 1.82) is 0 Å². The van der Waals surface area contributed by atoms with Gasteiger partial charge in [-0.2, -0.15) is 0 Å². The average Bonchev–Trinajstić information content (AvgIpc) is 3.15. The lowest BCUT2D eigenvalue weighted by molar-refractivity contribution is 0.0211. The minimum Gasteiger partial charge on any atom is -0.444 e. The molecule has 0 saturated carbocycles. The summed E-state index contributed by atoms with van der Waals surface area (Å²) in [6.07, 6.45) is 8.25. The largest absolute Gasteiger partial charge is 0.444 e. The number of terminal acetylenes is 1. The Balaban J connectivity index is 1.98. The van der Waals surface area contributed by atoms with Gasteiger partial charge in [0.2, 0.25) is 0 Å². The predicted molar refractivity (Wildman–Crippen MR) is 91.7 cm³/mol. The molecule has 136 valence electrons. The molecule has 1 aromatic heterocycles. The van der Waals surface area contributed by atoms with E-state index in [9.17, 15) is 9.59 Å². The van der Waals surface area contributed by atoms with Gasteiger partial charge in [-0.3, -0.25) is 4.79 Å². The number of carbonyl (C=O) groups excluding carboxylic acids is 2. The number of aromatic nitrogens is 3. The number of amides is 2. The molecule has 0 aliphatic carbocycles. The Labute approximate surface area is 147 Å². The van der Waals surface area contributed by atoms with Gasteiger partial charge in [0, 0.05) is 6.54 Å². The van der Waals surface area contributed by atoms with Crippen molar-refractivity contribution in [3.05, 3.63) is 11.9 Å². The van der Waals surface area contributed by atoms with Gasteiger partial charge < -0.3 is 15.0 Å². The second-order valence-electron chi connectivity index (χ2n) is 7.16. The van der Waals surface area contributed by atoms with E-state index < -0.39 is 5.60 Å². The molecule has 1 aliphatic heterocycles. The van der Waals surface area contributed by atoms with Gasteiger partial charge in [0.1, 0.15) is 5.60 Å². The summed E-state index contributed by atoms with van der Waals surface area (Å²) in [6, 6.07) is -0.410. The SMILES string of the molecule is C#C[C@@H](C)NC(=O)c1cn(C[C@H]2CCCN2C(=O)OC(C)(C)C)nn1. The first-order chi connectivity index (χ1) is 11.7. The van der Waals surface area contributed by atoms with Crippen molar-refractivity contribution in [3.8, 4) is 12.3 Å². The summed E-state index contributed by atoms with van der Waals surface area (Å²) in [7, 11) is 0. The van der Waals surface area contributed by atoms with Crippen LogP contribution < -0.4 is 5.32 Å². The molecule has 0 unspecified atom stereocenters. The molecule has 1 N–H and O–H groups in total. The van der Waals surface area contributed by atoms with E-state index in [1.54, 1.807) is 22.7 Å². The van der Waals surface area contributed by atoms with Crippen LogP contribution in [0.1, 0.15) is 51.0 Å². The Morgan fingerprint density at radius 1 is 1.52 bits per heavy atom. The first kappa shape index (κ1) is 18.8. The third-order valence-electron chi connectivity index (χ3n) is 3.77. The summed E-state index contributed by atoms with van der Waals surface area (Å²) in [4.78, 5) is 26.0. The summed E-state index contributed by atoms with van der Waals surface area (Å²) in [5.74, 6) is 2.05. The first-order valence-electron chi connectivity index (χ1n) is 8.36. The van der Waals surface area contributed by atoms with Crippen molar-refractivity contribution in [2.45, 2.75) is 64.8 Å². The van der Waals surface area contributed by atoms with Crippen LogP contribution in [0.4, 0.5) is 4.79 Å². The number of rotatable bonds is 4. The number of hydrogen-bond donors (Lipinski definition) is 1. The second kappa shape index (κ2) is 7.55. The highest BCUT2D eigenvalue weighted by atomic mass is 16.6. The molecule has 0 radical (unpaired) electrons. The molecule has 1 fully saturated rings. The van der Waals surface area contributed by atoms with Crippen molar-refractivity contribution in [3.63, 3.8) is 0 Å². The quantitative estimate of drug-likeness (QED) is 0.832. The van der Waals surface area contributed by atoms with E-state index in [0.717, 1.165) is 12.8 Å². The number of nitrogens with one attached hydrogen (secondary N) is 1. The lowest BCUT2D eigenvalue weighted by Gasteiger charge is -2.28. The maximum atomic E-state index is 12.3. The molecule has 0 bridgehead atoms. The highest BCUT2D eigenvalue weighted by molar-refractivity contribution is 5.92. The lowest BCUT2D eigenvalue weighted by atomic mass is 10.2. The van der Waals surface area contributed by atoms with Crippen LogP contribution in [0, 0.1) is 12.3 Å². The fourth-order valence-corrected chi connectivity index (χ4v) is 2.61. The molecule has 1 aromatic rings. The van der Waals surface area contributed by atoms with Crippen molar-refractivity contribution < 1.29 is 14.3 Å². The number of likely N-dealkylation sites (tertiary alicyclic amines) is 1. The maximum absolute atomic E-state index is 12.3. The van der Waals surface area contributed by atoms with E-state index >= 15 is 0 Å². The van der Waals surface area contributed by atoms with Gasteiger partial charge in [-0.15, -0.1) is 11.5 Å². The van der Waals surface area contributed by atoms with E-state index in [4.69, 9.17) is 11.2 Å². The predicted octanol–water partition coefficient (Wildman–Crippen LogP) is 1.43. The third kappa shape index (κ3) is 5.21. The monoisotopic (exact) mass is 347 g/mol. The van der Waals surface area contributed by atoms with Gasteiger partial charge in [-0.05, 0) is 40.5 Å². The number of carbonyl (C=O) groups is 2. The molecule has 2 heterocycles. The van der Waals surface area contributed by atoms with Crippen molar-refractivity contribution in [2.24, 2.45) is 0 Å². The zero-order valence-electron chi connectivity index (χ0n) is 15.2. The Hall–Kier alpha value is -2.56. The molecule has 0 aromatic carbocycles. The van der Waals surface area contributed by atoms with Crippen LogP contribution >= 0.6 is 0 Å². The van der Waals surface area contributed by atoms with Gasteiger partial charge in [0.15, 0.2) is 5.69 Å². The molecule has 25 heavy (non-hydrogen) atoms. The summed E-state index contributed by atoms with van der Waals surface area (Å²) >= 11 is 0. The minimum absolute atomic E-state index is 0.0305. The molecule has 1 saturated heterocycles. The van der Waals surface area contributed by atoms with Crippen molar-refractivity contribution in [1.82, 2.24) is 25.2 Å². The van der Waals surface area contributed by atoms with Crippen LogP contribution in [0.5, 0.6) is 0 Å². The highest BCUT2D eigenvalue weighted by Gasteiger charge is 2.32. The van der Waals surface area contributed by atoms with Gasteiger partial charge in [-0.1, -0.05) is 11.1 Å². The lowest BCUT2D eigenvalue weighted by Crippen LogP contribution is -2.41. The van der Waals surface area contributed by atoms with Crippen LogP contribution in [-0.2, 0) is 11.3 Å². The van der Waals surface area contributed by atoms with Gasteiger partial charge in [0.25, 0.3) is 5.91 Å². The topological polar surface area (TPSA) is 89.4 Å². The van der Waals surface area contributed by atoms with E-state index in [1.165, 1.54) is 0 Å². The molecule has 2 amide bonds. The standard InChI is InChI=1S/C17H25N5O3/c1-6-12(2)18-15(23)14-11-21(20-19-14)10-13-8-7-9-22(13)16(24)25-17(3,4)5/h1,11-13H,7-10H2,2-5H3,(H,18,23)/t12-,13-/m1/s1. The average molecular weight is 347 g/mol. The van der Waals surface area contributed by atoms with Crippen molar-refractivity contribution >= 4 is 12.0 Å².